The molecule has 5 heteroatoms. The molecule has 2 aromatic carbocycles. The maximum atomic E-state index is 11.9. The molecular formula is C17H15BrN2O2. The Morgan fingerprint density at radius 2 is 1.82 bits per heavy atom. The molecule has 0 bridgehead atoms. The lowest BCUT2D eigenvalue weighted by Crippen LogP contribution is -2.17. The number of methoxy groups -OCH3 is 1. The third kappa shape index (κ3) is 4.86. The Kier molecular flexibility index (Phi) is 5.91. The van der Waals surface area contributed by atoms with Crippen LogP contribution in [0, 0.1) is 0 Å². The number of halogens is 1. The van der Waals surface area contributed by atoms with Crippen molar-refractivity contribution in [2.45, 2.75) is 0 Å². The van der Waals surface area contributed by atoms with E-state index in [4.69, 9.17) is 4.74 Å². The summed E-state index contributed by atoms with van der Waals surface area (Å²) in [5.41, 5.74) is 4.03. The maximum Gasteiger partial charge on any atom is 0.271 e. The van der Waals surface area contributed by atoms with E-state index in [1.807, 2.05) is 36.4 Å². The molecule has 0 heterocycles. The van der Waals surface area contributed by atoms with E-state index in [0.29, 0.717) is 11.3 Å². The molecule has 0 aliphatic carbocycles. The van der Waals surface area contributed by atoms with Gasteiger partial charge in [-0.25, -0.2) is 5.43 Å². The molecule has 0 aromatic heterocycles. The summed E-state index contributed by atoms with van der Waals surface area (Å²) in [6, 6.07) is 16.6. The third-order valence-electron chi connectivity index (χ3n) is 2.81. The number of rotatable bonds is 5. The Bertz CT molecular complexity index is 680. The van der Waals surface area contributed by atoms with Crippen LogP contribution in [0.3, 0.4) is 0 Å². The van der Waals surface area contributed by atoms with Gasteiger partial charge in [0.2, 0.25) is 0 Å². The molecule has 0 saturated carbocycles. The highest BCUT2D eigenvalue weighted by Gasteiger charge is 2.03. The Morgan fingerprint density at radius 1 is 1.14 bits per heavy atom. The molecule has 0 unspecified atom stereocenters. The minimum absolute atomic E-state index is 0.279. The number of carbonyl (C=O) groups excluding carboxylic acids is 1. The summed E-state index contributed by atoms with van der Waals surface area (Å²) in [5.74, 6) is 0.424. The van der Waals surface area contributed by atoms with Crippen LogP contribution in [0.4, 0.5) is 0 Å². The maximum absolute atomic E-state index is 11.9. The van der Waals surface area contributed by atoms with Gasteiger partial charge in [0.05, 0.1) is 13.3 Å². The summed E-state index contributed by atoms with van der Waals surface area (Å²) in [6.45, 7) is 0. The lowest BCUT2D eigenvalue weighted by molar-refractivity contribution is 0.0955. The second kappa shape index (κ2) is 8.14. The Morgan fingerprint density at radius 3 is 2.45 bits per heavy atom. The highest BCUT2D eigenvalue weighted by atomic mass is 79.9. The summed E-state index contributed by atoms with van der Waals surface area (Å²) in [4.78, 5) is 11.9. The van der Waals surface area contributed by atoms with Crippen molar-refractivity contribution in [2.24, 2.45) is 5.10 Å². The number of hydrazone groups is 1. The molecule has 1 N–H and O–H groups in total. The summed E-state index contributed by atoms with van der Waals surface area (Å²) >= 11 is 3.38. The van der Waals surface area contributed by atoms with Crippen LogP contribution < -0.4 is 10.2 Å². The van der Waals surface area contributed by atoms with Crippen LogP contribution in [0.2, 0.25) is 0 Å². The van der Waals surface area contributed by atoms with E-state index < -0.39 is 0 Å². The van der Waals surface area contributed by atoms with E-state index in [1.54, 1.807) is 31.4 Å². The van der Waals surface area contributed by atoms with Gasteiger partial charge in [-0.2, -0.15) is 5.10 Å². The molecule has 4 nitrogen and oxygen atoms in total. The normalized spacial score (nSPS) is 11.5. The van der Waals surface area contributed by atoms with Gasteiger partial charge in [0.25, 0.3) is 5.91 Å². The first-order valence-corrected chi connectivity index (χ1v) is 7.38. The quantitative estimate of drug-likeness (QED) is 0.651. The van der Waals surface area contributed by atoms with Crippen LogP contribution in [0.25, 0.3) is 6.08 Å². The molecule has 0 fully saturated rings. The number of hydrogen-bond acceptors (Lipinski definition) is 3. The van der Waals surface area contributed by atoms with Crippen LogP contribution in [-0.4, -0.2) is 19.2 Å². The van der Waals surface area contributed by atoms with Crippen LogP contribution in [0.15, 0.2) is 64.2 Å². The summed E-state index contributed by atoms with van der Waals surface area (Å²) in [7, 11) is 1.58. The van der Waals surface area contributed by atoms with Gasteiger partial charge in [0.15, 0.2) is 0 Å². The van der Waals surface area contributed by atoms with Crippen LogP contribution in [0.1, 0.15) is 15.9 Å². The second-order valence-corrected chi connectivity index (χ2v) is 5.28. The molecular weight excluding hydrogens is 344 g/mol. The van der Waals surface area contributed by atoms with Crippen molar-refractivity contribution < 1.29 is 9.53 Å². The molecule has 1 amide bonds. The standard InChI is InChI=1S/C17H15BrN2O2/c1-22-16-9-7-14(8-10-16)17(21)20-19-12-15(18)11-13-5-3-2-4-6-13/h2-12H,1H3,(H,20,21)/b15-11+,19-12+. The smallest absolute Gasteiger partial charge is 0.271 e. The summed E-state index contributed by atoms with van der Waals surface area (Å²) in [6.07, 6.45) is 3.44. The number of carbonyl (C=O) groups is 1. The number of amides is 1. The Balaban J connectivity index is 1.93. The molecule has 0 radical (unpaired) electrons. The average molecular weight is 359 g/mol. The minimum atomic E-state index is -0.279. The Labute approximate surface area is 137 Å². The SMILES string of the molecule is COc1ccc(C(=O)N/N=C/C(Br)=C\c2ccccc2)cc1. The summed E-state index contributed by atoms with van der Waals surface area (Å²) < 4.78 is 5.80. The zero-order valence-corrected chi connectivity index (χ0v) is 13.6. The van der Waals surface area contributed by atoms with E-state index in [0.717, 1.165) is 10.0 Å². The summed E-state index contributed by atoms with van der Waals surface area (Å²) in [5, 5.41) is 3.92. The fourth-order valence-electron chi connectivity index (χ4n) is 1.71. The van der Waals surface area contributed by atoms with E-state index in [-0.39, 0.29) is 5.91 Å². The van der Waals surface area contributed by atoms with Crippen LogP contribution in [-0.2, 0) is 0 Å². The van der Waals surface area contributed by atoms with Crippen molar-refractivity contribution in [1.82, 2.24) is 5.43 Å². The molecule has 0 saturated heterocycles. The zero-order chi connectivity index (χ0) is 15.8. The molecule has 2 aromatic rings. The van der Waals surface area contributed by atoms with E-state index in [9.17, 15) is 4.79 Å². The monoisotopic (exact) mass is 358 g/mol. The fraction of sp³-hybridized carbons (Fsp3) is 0.0588. The van der Waals surface area contributed by atoms with Gasteiger partial charge in [0.1, 0.15) is 5.75 Å². The van der Waals surface area contributed by atoms with Gasteiger partial charge in [-0.3, -0.25) is 4.79 Å². The van der Waals surface area contributed by atoms with Gasteiger partial charge in [-0.15, -0.1) is 0 Å². The first kappa shape index (κ1) is 16.0. The molecule has 22 heavy (non-hydrogen) atoms. The highest BCUT2D eigenvalue weighted by Crippen LogP contribution is 2.11. The first-order chi connectivity index (χ1) is 10.7. The lowest BCUT2D eigenvalue weighted by atomic mass is 10.2. The van der Waals surface area contributed by atoms with Crippen molar-refractivity contribution in [3.05, 3.63) is 70.2 Å². The van der Waals surface area contributed by atoms with Crippen molar-refractivity contribution >= 4 is 34.1 Å². The van der Waals surface area contributed by atoms with Crippen LogP contribution in [0.5, 0.6) is 5.75 Å². The number of allylic oxidation sites excluding steroid dienone is 1. The lowest BCUT2D eigenvalue weighted by Gasteiger charge is -2.02. The van der Waals surface area contributed by atoms with Gasteiger partial charge in [0, 0.05) is 10.0 Å². The molecule has 0 atom stereocenters. The zero-order valence-electron chi connectivity index (χ0n) is 12.0. The number of hydrogen-bond donors (Lipinski definition) is 1. The van der Waals surface area contributed by atoms with Crippen LogP contribution >= 0.6 is 15.9 Å². The van der Waals surface area contributed by atoms with Gasteiger partial charge < -0.3 is 4.74 Å². The average Bonchev–Trinajstić information content (AvgIpc) is 2.55. The molecule has 0 spiro atoms. The molecule has 2 rings (SSSR count). The largest absolute Gasteiger partial charge is 0.497 e. The topological polar surface area (TPSA) is 50.7 Å². The number of ether oxygens (including phenoxy) is 1. The predicted molar refractivity (Wildman–Crippen MR) is 92.3 cm³/mol. The number of nitrogens with one attached hydrogen (secondary N) is 1. The van der Waals surface area contributed by atoms with E-state index in [2.05, 4.69) is 26.5 Å². The van der Waals surface area contributed by atoms with E-state index >= 15 is 0 Å². The minimum Gasteiger partial charge on any atom is -0.497 e. The third-order valence-corrected chi connectivity index (χ3v) is 3.24. The second-order valence-electron chi connectivity index (χ2n) is 4.37. The highest BCUT2D eigenvalue weighted by molar-refractivity contribution is 9.12. The van der Waals surface area contributed by atoms with Gasteiger partial charge >= 0.3 is 0 Å². The molecule has 0 aliphatic heterocycles. The van der Waals surface area contributed by atoms with Gasteiger partial charge in [-0.05, 0) is 51.8 Å². The number of benzene rings is 2. The number of nitrogens with zero attached hydrogens (tertiary/aromatic N) is 1. The van der Waals surface area contributed by atoms with Crippen molar-refractivity contribution in [3.63, 3.8) is 0 Å². The fourth-order valence-corrected chi connectivity index (χ4v) is 2.07. The van der Waals surface area contributed by atoms with Crippen molar-refractivity contribution in [2.75, 3.05) is 7.11 Å². The van der Waals surface area contributed by atoms with Crippen molar-refractivity contribution in [1.29, 1.82) is 0 Å². The van der Waals surface area contributed by atoms with Gasteiger partial charge in [-0.1, -0.05) is 30.3 Å². The molecule has 0 aliphatic rings. The molecule has 112 valence electrons. The van der Waals surface area contributed by atoms with Crippen molar-refractivity contribution in [3.8, 4) is 5.75 Å². The Hall–Kier alpha value is -2.40. The van der Waals surface area contributed by atoms with E-state index in [1.165, 1.54) is 6.21 Å². The predicted octanol–water partition coefficient (Wildman–Crippen LogP) is 3.85. The first-order valence-electron chi connectivity index (χ1n) is 6.59.